The van der Waals surface area contributed by atoms with Crippen LogP contribution in [0.3, 0.4) is 0 Å². The normalized spacial score (nSPS) is 14.0. The summed E-state index contributed by atoms with van der Waals surface area (Å²) in [5.74, 6) is 0.615. The molecule has 36 heavy (non-hydrogen) atoms. The van der Waals surface area contributed by atoms with Crippen molar-refractivity contribution in [3.63, 3.8) is 0 Å². The van der Waals surface area contributed by atoms with E-state index >= 15 is 0 Å². The van der Waals surface area contributed by atoms with Crippen LogP contribution in [0.15, 0.2) is 89.3 Å². The molecule has 0 atom stereocenters. The molecule has 0 fully saturated rings. The molecule has 0 radical (unpaired) electrons. The summed E-state index contributed by atoms with van der Waals surface area (Å²) in [7, 11) is 0. The van der Waals surface area contributed by atoms with E-state index in [1.807, 2.05) is 30.3 Å². The summed E-state index contributed by atoms with van der Waals surface area (Å²) in [5, 5.41) is 4.07. The van der Waals surface area contributed by atoms with Crippen molar-refractivity contribution in [1.82, 2.24) is 0 Å². The quantitative estimate of drug-likeness (QED) is 0.287. The van der Waals surface area contributed by atoms with E-state index in [1.165, 1.54) is 16.6 Å². The van der Waals surface area contributed by atoms with Crippen LogP contribution in [-0.2, 0) is 0 Å². The molecular formula is C31H20BNO3. The van der Waals surface area contributed by atoms with Crippen LogP contribution in [-0.4, -0.2) is 12.8 Å². The second kappa shape index (κ2) is 6.79. The number of carbonyl (C=O) groups is 1. The lowest BCUT2D eigenvalue weighted by molar-refractivity contribution is 0.210. The fourth-order valence-corrected chi connectivity index (χ4v) is 6.31. The average molecular weight is 465 g/mol. The van der Waals surface area contributed by atoms with Crippen molar-refractivity contribution in [3.8, 4) is 5.75 Å². The van der Waals surface area contributed by atoms with E-state index in [2.05, 4.69) is 68.4 Å². The number of aryl methyl sites for hydroxylation is 2. The minimum atomic E-state index is -0.379. The van der Waals surface area contributed by atoms with Gasteiger partial charge in [-0.25, -0.2) is 9.69 Å². The lowest BCUT2D eigenvalue weighted by atomic mass is 9.33. The first-order valence-electron chi connectivity index (χ1n) is 12.2. The smallest absolute Gasteiger partial charge is 0.424 e. The Morgan fingerprint density at radius 2 is 1.56 bits per heavy atom. The van der Waals surface area contributed by atoms with Crippen LogP contribution in [0, 0.1) is 13.8 Å². The molecule has 0 saturated heterocycles. The molecule has 1 aromatic heterocycles. The Morgan fingerprint density at radius 3 is 2.42 bits per heavy atom. The van der Waals surface area contributed by atoms with Gasteiger partial charge in [-0.05, 0) is 54.4 Å². The largest absolute Gasteiger partial charge is 0.456 e. The summed E-state index contributed by atoms with van der Waals surface area (Å²) in [6, 6.07) is 28.9. The number of fused-ring (bicyclic) bond motifs is 5. The van der Waals surface area contributed by atoms with E-state index < -0.39 is 0 Å². The van der Waals surface area contributed by atoms with Crippen molar-refractivity contribution in [2.75, 3.05) is 4.90 Å². The SMILES string of the molecule is Cc1cccc(C)c1B1c2cc3oc4ccccc4c3cc2N2C(=O)Oc3cccc4ccc1c2c34. The third-order valence-corrected chi connectivity index (χ3v) is 7.83. The van der Waals surface area contributed by atoms with E-state index in [0.717, 1.165) is 55.0 Å². The predicted octanol–water partition coefficient (Wildman–Crippen LogP) is 5.84. The van der Waals surface area contributed by atoms with Gasteiger partial charge in [-0.1, -0.05) is 77.3 Å². The first kappa shape index (κ1) is 19.8. The molecule has 3 heterocycles. The van der Waals surface area contributed by atoms with Crippen molar-refractivity contribution in [2.45, 2.75) is 13.8 Å². The molecule has 170 valence electrons. The Labute approximate surface area is 207 Å². The second-order valence-electron chi connectivity index (χ2n) is 9.80. The second-order valence-corrected chi connectivity index (χ2v) is 9.80. The Bertz CT molecular complexity index is 1920. The number of benzene rings is 5. The van der Waals surface area contributed by atoms with Gasteiger partial charge < -0.3 is 9.15 Å². The third-order valence-electron chi connectivity index (χ3n) is 7.83. The fourth-order valence-electron chi connectivity index (χ4n) is 6.31. The van der Waals surface area contributed by atoms with Crippen LogP contribution in [0.2, 0.25) is 0 Å². The van der Waals surface area contributed by atoms with Gasteiger partial charge in [-0.3, -0.25) is 0 Å². The summed E-state index contributed by atoms with van der Waals surface area (Å²) < 4.78 is 12.2. The molecule has 2 aliphatic rings. The first-order chi connectivity index (χ1) is 17.6. The summed E-state index contributed by atoms with van der Waals surface area (Å²) in [5.41, 5.74) is 9.29. The van der Waals surface area contributed by atoms with Gasteiger partial charge in [-0.2, -0.15) is 0 Å². The molecule has 5 aromatic carbocycles. The van der Waals surface area contributed by atoms with Crippen LogP contribution >= 0.6 is 0 Å². The Morgan fingerprint density at radius 1 is 0.750 bits per heavy atom. The monoisotopic (exact) mass is 465 g/mol. The maximum absolute atomic E-state index is 13.6. The molecule has 0 saturated carbocycles. The molecule has 1 amide bonds. The van der Waals surface area contributed by atoms with E-state index in [0.29, 0.717) is 5.75 Å². The van der Waals surface area contributed by atoms with Crippen molar-refractivity contribution < 1.29 is 13.9 Å². The number of para-hydroxylation sites is 1. The van der Waals surface area contributed by atoms with Gasteiger partial charge in [0.15, 0.2) is 0 Å². The molecule has 6 aromatic rings. The summed E-state index contributed by atoms with van der Waals surface area (Å²) in [6.07, 6.45) is -0.379. The number of rotatable bonds is 1. The highest BCUT2D eigenvalue weighted by atomic mass is 16.6. The summed E-state index contributed by atoms with van der Waals surface area (Å²) in [4.78, 5) is 15.3. The number of carbonyl (C=O) groups excluding carboxylic acids is 1. The predicted molar refractivity (Wildman–Crippen MR) is 146 cm³/mol. The lowest BCUT2D eigenvalue weighted by Crippen LogP contribution is -2.60. The summed E-state index contributed by atoms with van der Waals surface area (Å²) >= 11 is 0. The molecule has 0 bridgehead atoms. The molecule has 5 heteroatoms. The van der Waals surface area contributed by atoms with Crippen LogP contribution in [0.25, 0.3) is 32.7 Å². The van der Waals surface area contributed by atoms with Crippen LogP contribution in [0.4, 0.5) is 16.2 Å². The standard InChI is InChI=1S/C31H20BNO3/c1-17-7-5-8-18(2)29(17)32-22-14-13-19-9-6-12-26-28(19)30(22)33(31(34)36-26)24-15-21-20-10-3-4-11-25(20)35-27(21)16-23(24)32/h3-16H,1-2H3. The Balaban J connectivity index is 1.56. The zero-order valence-electron chi connectivity index (χ0n) is 19.8. The van der Waals surface area contributed by atoms with E-state index in [4.69, 9.17) is 9.15 Å². The Kier molecular flexibility index (Phi) is 3.73. The number of anilines is 2. The van der Waals surface area contributed by atoms with Crippen molar-refractivity contribution in [1.29, 1.82) is 0 Å². The van der Waals surface area contributed by atoms with E-state index in [9.17, 15) is 4.79 Å². The Hall–Kier alpha value is -4.51. The number of hydrogen-bond donors (Lipinski definition) is 0. The highest BCUT2D eigenvalue weighted by molar-refractivity contribution is 6.99. The van der Waals surface area contributed by atoms with Gasteiger partial charge in [0.05, 0.1) is 5.69 Å². The van der Waals surface area contributed by atoms with Gasteiger partial charge >= 0.3 is 6.09 Å². The first-order valence-corrected chi connectivity index (χ1v) is 12.2. The highest BCUT2D eigenvalue weighted by Crippen LogP contribution is 2.44. The lowest BCUT2D eigenvalue weighted by Gasteiger charge is -2.38. The zero-order chi connectivity index (χ0) is 24.1. The third kappa shape index (κ3) is 2.42. The van der Waals surface area contributed by atoms with Gasteiger partial charge in [0.1, 0.15) is 16.9 Å². The number of furan rings is 1. The molecule has 8 rings (SSSR count). The van der Waals surface area contributed by atoms with Gasteiger partial charge in [0.2, 0.25) is 6.71 Å². The molecule has 2 aliphatic heterocycles. The fraction of sp³-hybridized carbons (Fsp3) is 0.0645. The van der Waals surface area contributed by atoms with Crippen molar-refractivity contribution in [3.05, 3.63) is 96.1 Å². The van der Waals surface area contributed by atoms with E-state index in [-0.39, 0.29) is 12.8 Å². The van der Waals surface area contributed by atoms with Gasteiger partial charge in [-0.15, -0.1) is 0 Å². The molecule has 4 nitrogen and oxygen atoms in total. The number of amides is 1. The van der Waals surface area contributed by atoms with Crippen LogP contribution < -0.4 is 26.0 Å². The number of nitrogens with zero attached hydrogens (tertiary/aromatic N) is 1. The maximum Gasteiger partial charge on any atom is 0.424 e. The topological polar surface area (TPSA) is 42.7 Å². The number of hydrogen-bond acceptors (Lipinski definition) is 3. The molecular weight excluding hydrogens is 445 g/mol. The summed E-state index contributed by atoms with van der Waals surface area (Å²) in [6.45, 7) is 4.29. The minimum Gasteiger partial charge on any atom is -0.456 e. The molecule has 0 spiro atoms. The van der Waals surface area contributed by atoms with Gasteiger partial charge in [0, 0.05) is 21.8 Å². The molecule has 0 aliphatic carbocycles. The molecule has 0 N–H and O–H groups in total. The number of ether oxygens (including phenoxy) is 1. The maximum atomic E-state index is 13.6. The van der Waals surface area contributed by atoms with Crippen LogP contribution in [0.1, 0.15) is 11.1 Å². The zero-order valence-corrected chi connectivity index (χ0v) is 19.8. The van der Waals surface area contributed by atoms with Crippen LogP contribution in [0.5, 0.6) is 5.75 Å². The van der Waals surface area contributed by atoms with Crippen molar-refractivity contribution >= 4 is 73.3 Å². The van der Waals surface area contributed by atoms with Crippen molar-refractivity contribution in [2.24, 2.45) is 0 Å². The average Bonchev–Trinajstić information content (AvgIpc) is 3.24. The molecule has 0 unspecified atom stereocenters. The minimum absolute atomic E-state index is 0.0478. The van der Waals surface area contributed by atoms with E-state index in [1.54, 1.807) is 4.90 Å². The highest BCUT2D eigenvalue weighted by Gasteiger charge is 2.43. The van der Waals surface area contributed by atoms with Gasteiger partial charge in [0.25, 0.3) is 0 Å².